The number of hydrogen-bond donors (Lipinski definition) is 0. The monoisotopic (exact) mass is 406 g/mol. The van der Waals surface area contributed by atoms with Crippen LogP contribution in [-0.4, -0.2) is 17.2 Å². The molecule has 0 aliphatic carbocycles. The van der Waals surface area contributed by atoms with Crippen LogP contribution in [0, 0.1) is 10.1 Å². The molecule has 0 unspecified atom stereocenters. The molecule has 132 valence electrons. The molecule has 6 nitrogen and oxygen atoms in total. The fraction of sp³-hybridized carbons (Fsp3) is 0.278. The molecule has 0 bridgehead atoms. The Hall–Kier alpha value is -2.41. The van der Waals surface area contributed by atoms with Gasteiger partial charge in [0.1, 0.15) is 12.4 Å². The van der Waals surface area contributed by atoms with Crippen LogP contribution in [0.3, 0.4) is 0 Å². The molecular weight excluding hydrogens is 388 g/mol. The fourth-order valence-corrected chi connectivity index (χ4v) is 2.45. The molecule has 0 saturated heterocycles. The third-order valence-electron chi connectivity index (χ3n) is 3.49. The summed E-state index contributed by atoms with van der Waals surface area (Å²) in [5.41, 5.74) is 1.57. The topological polar surface area (TPSA) is 74.0 Å². The highest BCUT2D eigenvalue weighted by Crippen LogP contribution is 2.27. The Morgan fingerprint density at radius 1 is 1.32 bits per heavy atom. The molecule has 0 N–H and O–H groups in total. The second-order valence-electron chi connectivity index (χ2n) is 5.46. The van der Waals surface area contributed by atoms with Gasteiger partial charge in [0.25, 0.3) is 5.69 Å². The number of oxime groups is 1. The van der Waals surface area contributed by atoms with Crippen molar-refractivity contribution in [2.24, 2.45) is 5.16 Å². The van der Waals surface area contributed by atoms with Crippen LogP contribution in [0.1, 0.15) is 31.4 Å². The number of nitro benzene ring substituents is 1. The van der Waals surface area contributed by atoms with Crippen LogP contribution in [0.15, 0.2) is 52.1 Å². The van der Waals surface area contributed by atoms with Gasteiger partial charge in [0.05, 0.1) is 21.7 Å². The summed E-state index contributed by atoms with van der Waals surface area (Å²) >= 11 is 3.48. The van der Waals surface area contributed by atoms with Gasteiger partial charge in [0.2, 0.25) is 0 Å². The van der Waals surface area contributed by atoms with Crippen molar-refractivity contribution in [2.45, 2.75) is 33.0 Å². The SMILES string of the molecule is CC[C@H](C)Oc1ccc(/C=N\OCc2cccc([N+](=O)[O-])c2)cc1Br. The highest BCUT2D eigenvalue weighted by Gasteiger charge is 2.07. The van der Waals surface area contributed by atoms with E-state index in [1.54, 1.807) is 18.3 Å². The van der Waals surface area contributed by atoms with E-state index in [9.17, 15) is 10.1 Å². The Bertz CT molecular complexity index is 764. The van der Waals surface area contributed by atoms with E-state index >= 15 is 0 Å². The van der Waals surface area contributed by atoms with Crippen molar-refractivity contribution in [3.05, 3.63) is 68.2 Å². The van der Waals surface area contributed by atoms with Crippen molar-refractivity contribution in [1.29, 1.82) is 0 Å². The smallest absolute Gasteiger partial charge is 0.269 e. The molecular formula is C18H19BrN2O4. The molecule has 7 heteroatoms. The molecule has 2 rings (SSSR count). The predicted molar refractivity (Wildman–Crippen MR) is 100 cm³/mol. The van der Waals surface area contributed by atoms with Crippen molar-refractivity contribution in [3.8, 4) is 5.75 Å². The maximum absolute atomic E-state index is 10.7. The maximum Gasteiger partial charge on any atom is 0.269 e. The van der Waals surface area contributed by atoms with Gasteiger partial charge in [0.15, 0.2) is 0 Å². The minimum absolute atomic E-state index is 0.0332. The van der Waals surface area contributed by atoms with E-state index in [1.807, 2.05) is 25.1 Å². The third kappa shape index (κ3) is 5.86. The molecule has 0 radical (unpaired) electrons. The molecule has 0 fully saturated rings. The lowest BCUT2D eigenvalue weighted by Gasteiger charge is -2.14. The molecule has 0 saturated carbocycles. The number of ether oxygens (including phenoxy) is 1. The number of rotatable bonds is 8. The molecule has 2 aromatic rings. The van der Waals surface area contributed by atoms with E-state index in [4.69, 9.17) is 9.57 Å². The van der Waals surface area contributed by atoms with E-state index in [0.29, 0.717) is 5.56 Å². The van der Waals surface area contributed by atoms with Gasteiger partial charge in [-0.2, -0.15) is 0 Å². The van der Waals surface area contributed by atoms with E-state index in [2.05, 4.69) is 28.0 Å². The zero-order valence-electron chi connectivity index (χ0n) is 14.0. The van der Waals surface area contributed by atoms with E-state index < -0.39 is 4.92 Å². The lowest BCUT2D eigenvalue weighted by atomic mass is 10.2. The van der Waals surface area contributed by atoms with Crippen LogP contribution in [0.2, 0.25) is 0 Å². The molecule has 0 aromatic heterocycles. The standard InChI is InChI=1S/C18H19BrN2O4/c1-3-13(2)25-18-8-7-14(10-17(18)19)11-20-24-12-15-5-4-6-16(9-15)21(22)23/h4-11,13H,3,12H2,1-2H3/b20-11-/t13-/m0/s1. The number of non-ortho nitro benzene ring substituents is 1. The maximum atomic E-state index is 10.7. The molecule has 0 spiro atoms. The van der Waals surface area contributed by atoms with Crippen molar-refractivity contribution < 1.29 is 14.5 Å². The number of halogens is 1. The van der Waals surface area contributed by atoms with Crippen LogP contribution < -0.4 is 4.74 Å². The lowest BCUT2D eigenvalue weighted by molar-refractivity contribution is -0.384. The molecule has 0 heterocycles. The minimum Gasteiger partial charge on any atom is -0.490 e. The molecule has 0 aliphatic heterocycles. The van der Waals surface area contributed by atoms with Crippen LogP contribution in [0.4, 0.5) is 5.69 Å². The van der Waals surface area contributed by atoms with Crippen LogP contribution in [0.5, 0.6) is 5.75 Å². The van der Waals surface area contributed by atoms with Crippen LogP contribution >= 0.6 is 15.9 Å². The van der Waals surface area contributed by atoms with E-state index in [-0.39, 0.29) is 18.4 Å². The number of nitrogens with zero attached hydrogens (tertiary/aromatic N) is 2. The van der Waals surface area contributed by atoms with Crippen LogP contribution in [-0.2, 0) is 11.4 Å². The Morgan fingerprint density at radius 2 is 2.12 bits per heavy atom. The number of hydrogen-bond acceptors (Lipinski definition) is 5. The Kier molecular flexibility index (Phi) is 6.94. The van der Waals surface area contributed by atoms with Gasteiger partial charge in [0, 0.05) is 12.1 Å². The fourth-order valence-electron chi connectivity index (χ4n) is 1.96. The second-order valence-corrected chi connectivity index (χ2v) is 6.32. The summed E-state index contributed by atoms with van der Waals surface area (Å²) in [6, 6.07) is 11.9. The van der Waals surface area contributed by atoms with Crippen molar-refractivity contribution in [1.82, 2.24) is 0 Å². The van der Waals surface area contributed by atoms with Gasteiger partial charge in [-0.1, -0.05) is 24.2 Å². The first-order chi connectivity index (χ1) is 12.0. The summed E-state index contributed by atoms with van der Waals surface area (Å²) in [5, 5.41) is 14.6. The summed E-state index contributed by atoms with van der Waals surface area (Å²) in [4.78, 5) is 15.5. The lowest BCUT2D eigenvalue weighted by Crippen LogP contribution is -2.10. The molecule has 2 aromatic carbocycles. The Morgan fingerprint density at radius 3 is 2.80 bits per heavy atom. The largest absolute Gasteiger partial charge is 0.490 e. The quantitative estimate of drug-likeness (QED) is 0.347. The summed E-state index contributed by atoms with van der Waals surface area (Å²) in [5.74, 6) is 0.781. The summed E-state index contributed by atoms with van der Waals surface area (Å²) in [7, 11) is 0. The van der Waals surface area contributed by atoms with Gasteiger partial charge in [-0.25, -0.2) is 0 Å². The average Bonchev–Trinajstić information content (AvgIpc) is 2.61. The summed E-state index contributed by atoms with van der Waals surface area (Å²) in [6.07, 6.45) is 2.66. The first-order valence-electron chi connectivity index (χ1n) is 7.84. The zero-order valence-corrected chi connectivity index (χ0v) is 15.6. The van der Waals surface area contributed by atoms with Crippen molar-refractivity contribution >= 4 is 27.8 Å². The van der Waals surface area contributed by atoms with Crippen LogP contribution in [0.25, 0.3) is 0 Å². The van der Waals surface area contributed by atoms with Crippen molar-refractivity contribution in [2.75, 3.05) is 0 Å². The highest BCUT2D eigenvalue weighted by atomic mass is 79.9. The van der Waals surface area contributed by atoms with Gasteiger partial charge in [-0.3, -0.25) is 10.1 Å². The Labute approximate surface area is 154 Å². The van der Waals surface area contributed by atoms with Crippen molar-refractivity contribution in [3.63, 3.8) is 0 Å². The first kappa shape index (κ1) is 18.9. The summed E-state index contributed by atoms with van der Waals surface area (Å²) in [6.45, 7) is 4.25. The zero-order chi connectivity index (χ0) is 18.2. The first-order valence-corrected chi connectivity index (χ1v) is 8.63. The van der Waals surface area contributed by atoms with Gasteiger partial charge < -0.3 is 9.57 Å². The highest BCUT2D eigenvalue weighted by molar-refractivity contribution is 9.10. The normalized spacial score (nSPS) is 12.1. The Balaban J connectivity index is 1.93. The van der Waals surface area contributed by atoms with Gasteiger partial charge in [-0.15, -0.1) is 0 Å². The minimum atomic E-state index is -0.437. The van der Waals surface area contributed by atoms with Gasteiger partial charge in [-0.05, 0) is 58.6 Å². The molecule has 0 aliphatic rings. The molecule has 0 amide bonds. The predicted octanol–water partition coefficient (Wildman–Crippen LogP) is 5.09. The third-order valence-corrected chi connectivity index (χ3v) is 4.11. The molecule has 1 atom stereocenters. The summed E-state index contributed by atoms with van der Waals surface area (Å²) < 4.78 is 6.63. The number of nitro groups is 1. The van der Waals surface area contributed by atoms with E-state index in [1.165, 1.54) is 12.1 Å². The van der Waals surface area contributed by atoms with E-state index in [0.717, 1.165) is 22.2 Å². The average molecular weight is 407 g/mol. The molecule has 25 heavy (non-hydrogen) atoms. The van der Waals surface area contributed by atoms with Gasteiger partial charge >= 0.3 is 0 Å². The number of benzene rings is 2. The second kappa shape index (κ2) is 9.17.